The molecular weight excluding hydrogens is 306 g/mol. The molecule has 0 spiro atoms. The molecule has 0 radical (unpaired) electrons. The molecule has 116 valence electrons. The maximum atomic E-state index is 10.6. The smallest absolute Gasteiger partial charge is 0.227 e. The van der Waals surface area contributed by atoms with Crippen molar-refractivity contribution in [2.45, 2.75) is 13.5 Å². The van der Waals surface area contributed by atoms with E-state index in [2.05, 4.69) is 46.3 Å². The minimum Gasteiger partial charge on any atom is -0.315 e. The summed E-state index contributed by atoms with van der Waals surface area (Å²) in [6, 6.07) is 20.5. The third-order valence-electron chi connectivity index (χ3n) is 3.52. The molecule has 0 aliphatic heterocycles. The molecule has 0 saturated carbocycles. The molecule has 3 rings (SSSR count). The van der Waals surface area contributed by atoms with Crippen LogP contribution in [0.2, 0.25) is 0 Å². The van der Waals surface area contributed by atoms with Gasteiger partial charge in [0.2, 0.25) is 11.2 Å². The number of nitrogens with zero attached hydrogens (tertiary/aromatic N) is 2. The third kappa shape index (κ3) is 3.10. The lowest BCUT2D eigenvalue weighted by Gasteiger charge is -2.09. The van der Waals surface area contributed by atoms with Crippen molar-refractivity contribution < 1.29 is 4.79 Å². The molecule has 0 atom stereocenters. The number of hydrogen-bond donors (Lipinski definition) is 1. The molecule has 1 heterocycles. The fourth-order valence-electron chi connectivity index (χ4n) is 2.54. The van der Waals surface area contributed by atoms with Gasteiger partial charge in [-0.05, 0) is 18.1 Å². The van der Waals surface area contributed by atoms with Crippen molar-refractivity contribution in [2.24, 2.45) is 5.10 Å². The molecule has 2 aromatic carbocycles. The van der Waals surface area contributed by atoms with Gasteiger partial charge >= 0.3 is 0 Å². The van der Waals surface area contributed by atoms with Crippen molar-refractivity contribution in [1.82, 2.24) is 9.99 Å². The number of nitrogens with one attached hydrogen (secondary N) is 1. The second-order valence-corrected chi connectivity index (χ2v) is 5.87. The lowest BCUT2D eigenvalue weighted by molar-refractivity contribution is -0.109. The zero-order valence-electron chi connectivity index (χ0n) is 12.8. The summed E-state index contributed by atoms with van der Waals surface area (Å²) in [5.41, 5.74) is 5.82. The summed E-state index contributed by atoms with van der Waals surface area (Å²) in [5.74, 6) is 0. The quantitative estimate of drug-likeness (QED) is 0.567. The molecule has 0 unspecified atom stereocenters. The van der Waals surface area contributed by atoms with E-state index in [9.17, 15) is 4.79 Å². The van der Waals surface area contributed by atoms with Crippen LogP contribution in [0, 0.1) is 0 Å². The largest absolute Gasteiger partial charge is 0.315 e. The molecule has 0 aliphatic carbocycles. The van der Waals surface area contributed by atoms with Gasteiger partial charge in [0, 0.05) is 6.54 Å². The van der Waals surface area contributed by atoms with Gasteiger partial charge < -0.3 is 4.57 Å². The maximum Gasteiger partial charge on any atom is 0.227 e. The molecule has 0 aliphatic rings. The lowest BCUT2D eigenvalue weighted by atomic mass is 10.1. The SMILES string of the molecule is CCn1c(-c2ccccc2)c(-c2ccccc2)sc1=NNC=O. The lowest BCUT2D eigenvalue weighted by Crippen LogP contribution is -2.19. The normalized spacial score (nSPS) is 11.4. The molecule has 4 nitrogen and oxygen atoms in total. The minimum atomic E-state index is 0.587. The predicted octanol–water partition coefficient (Wildman–Crippen LogP) is 3.47. The average molecular weight is 323 g/mol. The highest BCUT2D eigenvalue weighted by Crippen LogP contribution is 2.34. The first-order chi connectivity index (χ1) is 11.3. The van der Waals surface area contributed by atoms with Crippen LogP contribution in [0.25, 0.3) is 21.7 Å². The van der Waals surface area contributed by atoms with Crippen LogP contribution in [0.15, 0.2) is 65.8 Å². The Balaban J connectivity index is 2.30. The molecule has 0 fully saturated rings. The van der Waals surface area contributed by atoms with Crippen molar-refractivity contribution in [3.8, 4) is 21.7 Å². The van der Waals surface area contributed by atoms with Gasteiger partial charge in [0.1, 0.15) is 0 Å². The molecule has 0 bridgehead atoms. The Morgan fingerprint density at radius 1 is 1.04 bits per heavy atom. The van der Waals surface area contributed by atoms with E-state index in [0.717, 1.165) is 33.0 Å². The van der Waals surface area contributed by atoms with E-state index in [4.69, 9.17) is 0 Å². The fraction of sp³-hybridized carbons (Fsp3) is 0.111. The highest BCUT2D eigenvalue weighted by atomic mass is 32.1. The van der Waals surface area contributed by atoms with Gasteiger partial charge in [-0.3, -0.25) is 4.79 Å². The first-order valence-electron chi connectivity index (χ1n) is 7.42. The van der Waals surface area contributed by atoms with Gasteiger partial charge in [-0.15, -0.1) is 5.10 Å². The molecule has 1 amide bonds. The Morgan fingerprint density at radius 2 is 1.65 bits per heavy atom. The molecule has 5 heteroatoms. The van der Waals surface area contributed by atoms with Gasteiger partial charge in [0.15, 0.2) is 0 Å². The van der Waals surface area contributed by atoms with E-state index in [0.29, 0.717) is 6.41 Å². The van der Waals surface area contributed by atoms with Crippen LogP contribution in [-0.4, -0.2) is 11.0 Å². The van der Waals surface area contributed by atoms with Crippen LogP contribution in [0.4, 0.5) is 0 Å². The standard InChI is InChI=1S/C18H17N3OS/c1-2-21-16(14-9-5-3-6-10-14)17(15-11-7-4-8-12-15)23-18(21)20-19-13-22/h3-13H,2H2,1H3,(H,19,22). The Labute approximate surface area is 138 Å². The molecule has 3 aromatic rings. The number of benzene rings is 2. The van der Waals surface area contributed by atoms with Crippen LogP contribution in [0.3, 0.4) is 0 Å². The van der Waals surface area contributed by atoms with E-state index in [-0.39, 0.29) is 0 Å². The summed E-state index contributed by atoms with van der Waals surface area (Å²) >= 11 is 1.57. The third-order valence-corrected chi connectivity index (χ3v) is 4.65. The molecule has 0 saturated heterocycles. The minimum absolute atomic E-state index is 0.587. The van der Waals surface area contributed by atoms with Gasteiger partial charge in [-0.2, -0.15) is 0 Å². The first kappa shape index (κ1) is 15.2. The monoisotopic (exact) mass is 323 g/mol. The number of thiazole rings is 1. The molecule has 1 aromatic heterocycles. The highest BCUT2D eigenvalue weighted by molar-refractivity contribution is 7.13. The second kappa shape index (κ2) is 7.07. The number of aromatic nitrogens is 1. The van der Waals surface area contributed by atoms with Crippen molar-refractivity contribution >= 4 is 17.7 Å². The van der Waals surface area contributed by atoms with Crippen LogP contribution < -0.4 is 10.2 Å². The van der Waals surface area contributed by atoms with Gasteiger partial charge in [-0.1, -0.05) is 72.0 Å². The summed E-state index contributed by atoms with van der Waals surface area (Å²) in [4.78, 5) is 12.5. The number of amides is 1. The van der Waals surface area contributed by atoms with E-state index >= 15 is 0 Å². The van der Waals surface area contributed by atoms with Crippen molar-refractivity contribution in [3.05, 3.63) is 65.5 Å². The number of carbonyl (C=O) groups excluding carboxylic acids is 1. The second-order valence-electron chi connectivity index (χ2n) is 4.90. The maximum absolute atomic E-state index is 10.6. The molecule has 1 N–H and O–H groups in total. The topological polar surface area (TPSA) is 46.4 Å². The summed E-state index contributed by atoms with van der Waals surface area (Å²) in [6.45, 7) is 2.85. The van der Waals surface area contributed by atoms with E-state index < -0.39 is 0 Å². The molecule has 23 heavy (non-hydrogen) atoms. The highest BCUT2D eigenvalue weighted by Gasteiger charge is 2.16. The van der Waals surface area contributed by atoms with E-state index in [1.165, 1.54) is 0 Å². The Kier molecular flexibility index (Phi) is 4.68. The molecular formula is C18H17N3OS. The van der Waals surface area contributed by atoms with E-state index in [1.54, 1.807) is 11.3 Å². The summed E-state index contributed by atoms with van der Waals surface area (Å²) < 4.78 is 2.12. The summed E-state index contributed by atoms with van der Waals surface area (Å²) in [7, 11) is 0. The van der Waals surface area contributed by atoms with Gasteiger partial charge in [-0.25, -0.2) is 5.43 Å². The summed E-state index contributed by atoms with van der Waals surface area (Å²) in [6.07, 6.45) is 0.587. The number of rotatable bonds is 5. The van der Waals surface area contributed by atoms with Gasteiger partial charge in [0.25, 0.3) is 0 Å². The predicted molar refractivity (Wildman–Crippen MR) is 93.6 cm³/mol. The number of hydrogen-bond acceptors (Lipinski definition) is 3. The Hall–Kier alpha value is -2.66. The van der Waals surface area contributed by atoms with Crippen LogP contribution in [0.1, 0.15) is 6.92 Å². The van der Waals surface area contributed by atoms with Crippen LogP contribution in [0.5, 0.6) is 0 Å². The first-order valence-corrected chi connectivity index (χ1v) is 8.24. The zero-order valence-corrected chi connectivity index (χ0v) is 13.6. The van der Waals surface area contributed by atoms with Crippen LogP contribution >= 0.6 is 11.3 Å². The zero-order chi connectivity index (χ0) is 16.1. The van der Waals surface area contributed by atoms with E-state index in [1.807, 2.05) is 36.4 Å². The Bertz CT molecular complexity index is 851. The van der Waals surface area contributed by atoms with Crippen molar-refractivity contribution in [3.63, 3.8) is 0 Å². The van der Waals surface area contributed by atoms with Crippen molar-refractivity contribution in [1.29, 1.82) is 0 Å². The number of carbonyl (C=O) groups is 1. The average Bonchev–Trinajstić information content (AvgIpc) is 3.00. The summed E-state index contributed by atoms with van der Waals surface area (Å²) in [5, 5.41) is 4.19. The van der Waals surface area contributed by atoms with Crippen molar-refractivity contribution in [2.75, 3.05) is 0 Å². The van der Waals surface area contributed by atoms with Gasteiger partial charge in [0.05, 0.1) is 10.6 Å². The Morgan fingerprint density at radius 3 is 2.22 bits per heavy atom. The fourth-order valence-corrected chi connectivity index (χ4v) is 3.73. The van der Waals surface area contributed by atoms with Crippen LogP contribution in [-0.2, 0) is 11.3 Å².